The molecule has 0 unspecified atom stereocenters. The van der Waals surface area contributed by atoms with Crippen molar-refractivity contribution in [1.29, 1.82) is 0 Å². The Hall–Kier alpha value is -1.63. The molecule has 0 spiro atoms. The topological polar surface area (TPSA) is 91.4 Å². The normalized spacial score (nSPS) is 21.4. The van der Waals surface area contributed by atoms with Crippen LogP contribution in [0.5, 0.6) is 5.75 Å². The van der Waals surface area contributed by atoms with Crippen molar-refractivity contribution >= 4 is 27.6 Å². The van der Waals surface area contributed by atoms with E-state index in [2.05, 4.69) is 15.9 Å². The number of primary amides is 1. The molecule has 1 aromatic rings. The van der Waals surface area contributed by atoms with Gasteiger partial charge in [-0.15, -0.1) is 0 Å². The van der Waals surface area contributed by atoms with E-state index in [0.717, 1.165) is 30.2 Å². The van der Waals surface area contributed by atoms with Crippen LogP contribution in [-0.2, 0) is 16.6 Å². The lowest BCUT2D eigenvalue weighted by Crippen LogP contribution is -2.29. The van der Waals surface area contributed by atoms with E-state index < -0.39 is 11.7 Å². The third-order valence-electron chi connectivity index (χ3n) is 3.98. The van der Waals surface area contributed by atoms with Gasteiger partial charge in [0, 0.05) is 25.7 Å². The number of hydrogen-bond acceptors (Lipinski definition) is 4. The zero-order chi connectivity index (χ0) is 16.3. The molecule has 22 heavy (non-hydrogen) atoms. The van der Waals surface area contributed by atoms with Crippen LogP contribution in [0.3, 0.4) is 0 Å². The van der Waals surface area contributed by atoms with Gasteiger partial charge < -0.3 is 15.0 Å². The average Bonchev–Trinajstić information content (AvgIpc) is 2.46. The Morgan fingerprint density at radius 3 is 2.59 bits per heavy atom. The van der Waals surface area contributed by atoms with Gasteiger partial charge in [0.2, 0.25) is 5.78 Å². The Balaban J connectivity index is 1.90. The third kappa shape index (κ3) is 4.19. The van der Waals surface area contributed by atoms with Crippen molar-refractivity contribution in [2.75, 3.05) is 0 Å². The minimum absolute atomic E-state index is 0.0170. The van der Waals surface area contributed by atoms with Crippen LogP contribution in [0.4, 0.5) is 0 Å². The first kappa shape index (κ1) is 16.7. The maximum Gasteiger partial charge on any atom is 0.284 e. The first-order valence-corrected chi connectivity index (χ1v) is 8.01. The number of aromatic nitrogens is 1. The molecule has 0 aliphatic heterocycles. The van der Waals surface area contributed by atoms with Crippen LogP contribution >= 0.6 is 15.9 Å². The summed E-state index contributed by atoms with van der Waals surface area (Å²) in [6, 6.07) is 1.47. The van der Waals surface area contributed by atoms with Gasteiger partial charge in [0.1, 0.15) is 5.75 Å². The molecule has 1 heterocycles. The molecule has 0 radical (unpaired) electrons. The number of halogens is 1. The summed E-state index contributed by atoms with van der Waals surface area (Å²) in [5.41, 5.74) is 4.85. The molecule has 0 saturated heterocycles. The fraction of sp³-hybridized carbons (Fsp3) is 0.533. The van der Waals surface area contributed by atoms with Crippen LogP contribution in [0.25, 0.3) is 0 Å². The highest BCUT2D eigenvalue weighted by atomic mass is 79.9. The summed E-state index contributed by atoms with van der Waals surface area (Å²) >= 11 is 3.39. The Morgan fingerprint density at radius 2 is 2.00 bits per heavy atom. The predicted molar refractivity (Wildman–Crippen MR) is 84.6 cm³/mol. The number of nitrogens with two attached hydrogens (primary N) is 1. The Labute approximate surface area is 136 Å². The van der Waals surface area contributed by atoms with Crippen molar-refractivity contribution in [3.05, 3.63) is 27.1 Å². The Kier molecular flexibility index (Phi) is 5.39. The van der Waals surface area contributed by atoms with Crippen molar-refractivity contribution in [3.8, 4) is 5.75 Å². The molecule has 2 rings (SSSR count). The molecule has 1 saturated carbocycles. The fourth-order valence-electron chi connectivity index (χ4n) is 2.67. The third-order valence-corrected chi connectivity index (χ3v) is 4.58. The first-order chi connectivity index (χ1) is 10.4. The van der Waals surface area contributed by atoms with Gasteiger partial charge in [-0.25, -0.2) is 0 Å². The van der Waals surface area contributed by atoms with E-state index in [0.29, 0.717) is 5.75 Å². The van der Waals surface area contributed by atoms with Crippen molar-refractivity contribution in [1.82, 2.24) is 4.57 Å². The van der Waals surface area contributed by atoms with E-state index in [9.17, 15) is 14.4 Å². The number of ketones is 1. The molecule has 1 aliphatic rings. The highest BCUT2D eigenvalue weighted by molar-refractivity contribution is 9.10. The lowest BCUT2D eigenvalue weighted by molar-refractivity contribution is -0.136. The largest absolute Gasteiger partial charge is 0.489 e. The summed E-state index contributed by atoms with van der Waals surface area (Å²) in [6.45, 7) is 0. The molecule has 1 aliphatic carbocycles. The molecule has 1 amide bonds. The quantitative estimate of drug-likeness (QED) is 0.795. The molecule has 0 bridgehead atoms. The smallest absolute Gasteiger partial charge is 0.284 e. The summed E-state index contributed by atoms with van der Waals surface area (Å²) in [4.78, 5) is 33.8. The lowest BCUT2D eigenvalue weighted by Gasteiger charge is -2.28. The van der Waals surface area contributed by atoms with Gasteiger partial charge >= 0.3 is 0 Å². The number of hydrogen-bond donors (Lipinski definition) is 1. The van der Waals surface area contributed by atoms with Crippen molar-refractivity contribution in [3.63, 3.8) is 0 Å². The lowest BCUT2D eigenvalue weighted by atomic mass is 9.84. The Morgan fingerprint density at radius 1 is 1.36 bits per heavy atom. The molecule has 1 aromatic heterocycles. The van der Waals surface area contributed by atoms with E-state index in [-0.39, 0.29) is 24.0 Å². The van der Waals surface area contributed by atoms with Crippen LogP contribution in [0.1, 0.15) is 32.1 Å². The maximum absolute atomic E-state index is 11.7. The number of ether oxygens (including phenoxy) is 1. The van der Waals surface area contributed by atoms with E-state index >= 15 is 0 Å². The standard InChI is InChI=1S/C15H19BrN2O4/c1-18-8-11(16)13(7-14(18)20)22-10-4-2-9(3-5-10)6-12(19)15(17)21/h7-10H,2-6H2,1H3,(H2,17,21)/t9-,10-. The molecule has 6 nitrogen and oxygen atoms in total. The zero-order valence-corrected chi connectivity index (χ0v) is 14.0. The van der Waals surface area contributed by atoms with Gasteiger partial charge in [0.25, 0.3) is 11.5 Å². The van der Waals surface area contributed by atoms with Crippen molar-refractivity contribution in [2.24, 2.45) is 18.7 Å². The number of pyridine rings is 1. The highest BCUT2D eigenvalue weighted by Gasteiger charge is 2.26. The van der Waals surface area contributed by atoms with Crippen molar-refractivity contribution in [2.45, 2.75) is 38.2 Å². The minimum Gasteiger partial charge on any atom is -0.489 e. The second kappa shape index (κ2) is 7.09. The van der Waals surface area contributed by atoms with Gasteiger partial charge in [-0.2, -0.15) is 0 Å². The van der Waals surface area contributed by atoms with Gasteiger partial charge in [0.15, 0.2) is 0 Å². The minimum atomic E-state index is -0.859. The van der Waals surface area contributed by atoms with Gasteiger partial charge in [-0.05, 0) is 47.5 Å². The van der Waals surface area contributed by atoms with E-state index in [1.807, 2.05) is 0 Å². The number of carbonyl (C=O) groups is 2. The molecule has 0 atom stereocenters. The second-order valence-electron chi connectivity index (χ2n) is 5.69. The van der Waals surface area contributed by atoms with E-state index in [1.165, 1.54) is 10.6 Å². The van der Waals surface area contributed by atoms with E-state index in [1.54, 1.807) is 13.2 Å². The molecular weight excluding hydrogens is 352 g/mol. The van der Waals surface area contributed by atoms with Gasteiger partial charge in [0.05, 0.1) is 10.6 Å². The summed E-state index contributed by atoms with van der Waals surface area (Å²) in [7, 11) is 1.68. The average molecular weight is 371 g/mol. The number of carbonyl (C=O) groups excluding carboxylic acids is 2. The monoisotopic (exact) mass is 370 g/mol. The Bertz CT molecular complexity index is 633. The van der Waals surface area contributed by atoms with Gasteiger partial charge in [-0.1, -0.05) is 0 Å². The SMILES string of the molecule is Cn1cc(Br)c(O[C@H]2CC[C@H](CC(=O)C(N)=O)CC2)cc1=O. The fourth-order valence-corrected chi connectivity index (χ4v) is 3.18. The number of nitrogens with zero attached hydrogens (tertiary/aromatic N) is 1. The highest BCUT2D eigenvalue weighted by Crippen LogP contribution is 2.31. The summed E-state index contributed by atoms with van der Waals surface area (Å²) < 4.78 is 8.10. The van der Waals surface area contributed by atoms with Crippen LogP contribution in [0.15, 0.2) is 21.5 Å². The number of Topliss-reactive ketones (excluding diaryl/α,β-unsaturated/α-hetero) is 1. The molecule has 2 N–H and O–H groups in total. The van der Waals surface area contributed by atoms with Crippen molar-refractivity contribution < 1.29 is 14.3 Å². The van der Waals surface area contributed by atoms with Crippen LogP contribution in [-0.4, -0.2) is 22.4 Å². The molecule has 0 aromatic carbocycles. The summed E-state index contributed by atoms with van der Waals surface area (Å²) in [5, 5.41) is 0. The maximum atomic E-state index is 11.7. The number of aryl methyl sites for hydroxylation is 1. The molecule has 7 heteroatoms. The number of amides is 1. The number of rotatable bonds is 5. The van der Waals surface area contributed by atoms with Crippen LogP contribution in [0, 0.1) is 5.92 Å². The first-order valence-electron chi connectivity index (χ1n) is 7.22. The van der Waals surface area contributed by atoms with Gasteiger partial charge in [-0.3, -0.25) is 14.4 Å². The van der Waals surface area contributed by atoms with Crippen LogP contribution < -0.4 is 16.0 Å². The zero-order valence-electron chi connectivity index (χ0n) is 12.4. The second-order valence-corrected chi connectivity index (χ2v) is 6.54. The summed E-state index contributed by atoms with van der Waals surface area (Å²) in [5.74, 6) is -0.632. The molecule has 120 valence electrons. The van der Waals surface area contributed by atoms with Crippen LogP contribution in [0.2, 0.25) is 0 Å². The summed E-state index contributed by atoms with van der Waals surface area (Å²) in [6.07, 6.45) is 5.12. The molecular formula is C15H19BrN2O4. The predicted octanol–water partition coefficient (Wildman–Crippen LogP) is 1.53. The van der Waals surface area contributed by atoms with E-state index in [4.69, 9.17) is 10.5 Å². The molecule has 1 fully saturated rings.